The zero-order valence-corrected chi connectivity index (χ0v) is 7.97. The van der Waals surface area contributed by atoms with Crippen molar-refractivity contribution < 1.29 is 22.6 Å². The molecule has 1 aliphatic rings. The van der Waals surface area contributed by atoms with Crippen LogP contribution in [0.15, 0.2) is 18.2 Å². The molecule has 0 aromatic heterocycles. The van der Waals surface area contributed by atoms with Gasteiger partial charge in [-0.2, -0.15) is 13.2 Å². The summed E-state index contributed by atoms with van der Waals surface area (Å²) in [5, 5.41) is 0. The van der Waals surface area contributed by atoms with Gasteiger partial charge in [-0.05, 0) is 17.7 Å². The van der Waals surface area contributed by atoms with Gasteiger partial charge in [0.1, 0.15) is 11.9 Å². The van der Waals surface area contributed by atoms with Gasteiger partial charge in [-0.3, -0.25) is 0 Å². The highest BCUT2D eigenvalue weighted by Gasteiger charge is 2.36. The first-order chi connectivity index (χ1) is 7.02. The highest BCUT2D eigenvalue weighted by molar-refractivity contribution is 5.40. The Morgan fingerprint density at radius 2 is 2.07 bits per heavy atom. The van der Waals surface area contributed by atoms with Crippen LogP contribution in [0.2, 0.25) is 0 Å². The lowest BCUT2D eigenvalue weighted by atomic mass is 10.1. The SMILES string of the molecule is COc1ccc([C@@H]2CO2)cc1C(F)(F)F. The van der Waals surface area contributed by atoms with Crippen LogP contribution in [0.5, 0.6) is 5.75 Å². The summed E-state index contributed by atoms with van der Waals surface area (Å²) in [7, 11) is 1.22. The summed E-state index contributed by atoms with van der Waals surface area (Å²) in [5.41, 5.74) is -0.207. The first kappa shape index (κ1) is 10.3. The minimum absolute atomic E-state index is 0.160. The van der Waals surface area contributed by atoms with E-state index in [-0.39, 0.29) is 11.9 Å². The van der Waals surface area contributed by atoms with E-state index in [0.29, 0.717) is 12.2 Å². The summed E-state index contributed by atoms with van der Waals surface area (Å²) < 4.78 is 47.3. The lowest BCUT2D eigenvalue weighted by Crippen LogP contribution is -2.08. The molecule has 82 valence electrons. The van der Waals surface area contributed by atoms with E-state index in [1.807, 2.05) is 0 Å². The summed E-state index contributed by atoms with van der Waals surface area (Å²) in [5.74, 6) is -0.160. The van der Waals surface area contributed by atoms with Gasteiger partial charge in [-0.25, -0.2) is 0 Å². The van der Waals surface area contributed by atoms with E-state index in [9.17, 15) is 13.2 Å². The summed E-state index contributed by atoms with van der Waals surface area (Å²) in [4.78, 5) is 0. The Hall–Kier alpha value is -1.23. The molecule has 0 unspecified atom stereocenters. The van der Waals surface area contributed by atoms with E-state index in [4.69, 9.17) is 4.74 Å². The van der Waals surface area contributed by atoms with Gasteiger partial charge in [-0.15, -0.1) is 0 Å². The Kier molecular flexibility index (Phi) is 2.34. The third-order valence-corrected chi connectivity index (χ3v) is 2.23. The first-order valence-electron chi connectivity index (χ1n) is 4.39. The summed E-state index contributed by atoms with van der Waals surface area (Å²) in [6.45, 7) is 0.490. The van der Waals surface area contributed by atoms with E-state index < -0.39 is 11.7 Å². The fourth-order valence-electron chi connectivity index (χ4n) is 1.39. The Morgan fingerprint density at radius 3 is 2.53 bits per heavy atom. The van der Waals surface area contributed by atoms with E-state index in [2.05, 4.69) is 4.74 Å². The number of alkyl halides is 3. The fraction of sp³-hybridized carbons (Fsp3) is 0.400. The molecule has 0 amide bonds. The van der Waals surface area contributed by atoms with E-state index in [0.717, 1.165) is 6.07 Å². The van der Waals surface area contributed by atoms with Crippen LogP contribution in [0.1, 0.15) is 17.2 Å². The lowest BCUT2D eigenvalue weighted by molar-refractivity contribution is -0.138. The molecule has 0 N–H and O–H groups in total. The number of hydrogen-bond acceptors (Lipinski definition) is 2. The molecule has 0 radical (unpaired) electrons. The Morgan fingerprint density at radius 1 is 1.40 bits per heavy atom. The van der Waals surface area contributed by atoms with Gasteiger partial charge >= 0.3 is 6.18 Å². The average Bonchev–Trinajstić information content (AvgIpc) is 2.98. The molecule has 2 rings (SSSR count). The molecular formula is C10H9F3O2. The lowest BCUT2D eigenvalue weighted by Gasteiger charge is -2.12. The topological polar surface area (TPSA) is 21.8 Å². The van der Waals surface area contributed by atoms with Crippen molar-refractivity contribution in [3.63, 3.8) is 0 Å². The maximum absolute atomic E-state index is 12.6. The third kappa shape index (κ3) is 2.07. The normalized spacial score (nSPS) is 20.1. The quantitative estimate of drug-likeness (QED) is 0.712. The largest absolute Gasteiger partial charge is 0.496 e. The van der Waals surface area contributed by atoms with Crippen molar-refractivity contribution in [1.82, 2.24) is 0 Å². The van der Waals surface area contributed by atoms with Crippen molar-refractivity contribution in [2.24, 2.45) is 0 Å². The molecular weight excluding hydrogens is 209 g/mol. The van der Waals surface area contributed by atoms with E-state index in [1.54, 1.807) is 6.07 Å². The molecule has 2 nitrogen and oxygen atoms in total. The monoisotopic (exact) mass is 218 g/mol. The van der Waals surface area contributed by atoms with Crippen molar-refractivity contribution in [3.8, 4) is 5.75 Å². The van der Waals surface area contributed by atoms with Crippen LogP contribution in [-0.2, 0) is 10.9 Å². The van der Waals surface area contributed by atoms with Crippen molar-refractivity contribution in [2.75, 3.05) is 13.7 Å². The molecule has 1 atom stereocenters. The second kappa shape index (κ2) is 3.41. The predicted octanol–water partition coefficient (Wildman–Crippen LogP) is 2.79. The molecule has 1 aliphatic heterocycles. The molecule has 1 saturated heterocycles. The van der Waals surface area contributed by atoms with Gasteiger partial charge in [0.2, 0.25) is 0 Å². The van der Waals surface area contributed by atoms with Gasteiger partial charge in [0.25, 0.3) is 0 Å². The van der Waals surface area contributed by atoms with Crippen molar-refractivity contribution in [1.29, 1.82) is 0 Å². The smallest absolute Gasteiger partial charge is 0.419 e. The standard InChI is InChI=1S/C10H9F3O2/c1-14-8-3-2-6(9-5-15-9)4-7(8)10(11,12)13/h2-4,9H,5H2,1H3/t9-/m0/s1. The number of epoxide rings is 1. The van der Waals surface area contributed by atoms with Crippen LogP contribution in [0.25, 0.3) is 0 Å². The van der Waals surface area contributed by atoms with Crippen LogP contribution in [0.4, 0.5) is 13.2 Å². The van der Waals surface area contributed by atoms with Gasteiger partial charge in [0, 0.05) is 0 Å². The molecule has 5 heteroatoms. The number of hydrogen-bond donors (Lipinski definition) is 0. The number of methoxy groups -OCH3 is 1. The van der Waals surface area contributed by atoms with Crippen LogP contribution < -0.4 is 4.74 Å². The predicted molar refractivity (Wildman–Crippen MR) is 46.7 cm³/mol. The van der Waals surface area contributed by atoms with Gasteiger partial charge in [0.05, 0.1) is 19.3 Å². The highest BCUT2D eigenvalue weighted by atomic mass is 19.4. The molecule has 1 aromatic rings. The number of rotatable bonds is 2. The summed E-state index contributed by atoms with van der Waals surface area (Å²) in [6, 6.07) is 3.99. The van der Waals surface area contributed by atoms with Crippen LogP contribution in [-0.4, -0.2) is 13.7 Å². The van der Waals surface area contributed by atoms with Crippen LogP contribution in [0, 0.1) is 0 Å². The molecule has 0 saturated carbocycles. The summed E-state index contributed by atoms with van der Waals surface area (Å²) >= 11 is 0. The summed E-state index contributed by atoms with van der Waals surface area (Å²) in [6.07, 6.45) is -4.58. The number of benzene rings is 1. The first-order valence-corrected chi connectivity index (χ1v) is 4.39. The van der Waals surface area contributed by atoms with Gasteiger partial charge in [0.15, 0.2) is 0 Å². The molecule has 1 fully saturated rings. The van der Waals surface area contributed by atoms with Crippen LogP contribution >= 0.6 is 0 Å². The van der Waals surface area contributed by atoms with Crippen molar-refractivity contribution in [3.05, 3.63) is 29.3 Å². The van der Waals surface area contributed by atoms with Gasteiger partial charge in [-0.1, -0.05) is 6.07 Å². The molecule has 0 bridgehead atoms. The zero-order valence-electron chi connectivity index (χ0n) is 7.97. The molecule has 0 spiro atoms. The maximum Gasteiger partial charge on any atom is 0.419 e. The fourth-order valence-corrected chi connectivity index (χ4v) is 1.39. The van der Waals surface area contributed by atoms with Crippen LogP contribution in [0.3, 0.4) is 0 Å². The van der Waals surface area contributed by atoms with E-state index in [1.165, 1.54) is 13.2 Å². The second-order valence-corrected chi connectivity index (χ2v) is 3.28. The Labute approximate surface area is 84.6 Å². The Bertz CT molecular complexity index is 369. The number of halogens is 3. The minimum atomic E-state index is -4.39. The molecule has 1 heterocycles. The minimum Gasteiger partial charge on any atom is -0.496 e. The molecule has 0 aliphatic carbocycles. The Balaban J connectivity index is 2.42. The highest BCUT2D eigenvalue weighted by Crippen LogP contribution is 2.40. The third-order valence-electron chi connectivity index (χ3n) is 2.23. The zero-order chi connectivity index (χ0) is 11.1. The maximum atomic E-state index is 12.6. The average molecular weight is 218 g/mol. The molecule has 1 aromatic carbocycles. The van der Waals surface area contributed by atoms with E-state index >= 15 is 0 Å². The van der Waals surface area contributed by atoms with Gasteiger partial charge < -0.3 is 9.47 Å². The number of ether oxygens (including phenoxy) is 2. The van der Waals surface area contributed by atoms with Crippen molar-refractivity contribution in [2.45, 2.75) is 12.3 Å². The second-order valence-electron chi connectivity index (χ2n) is 3.28. The molecule has 15 heavy (non-hydrogen) atoms. The van der Waals surface area contributed by atoms with Crippen molar-refractivity contribution >= 4 is 0 Å².